The summed E-state index contributed by atoms with van der Waals surface area (Å²) >= 11 is 0. The Kier molecular flexibility index (Phi) is 2.87. The lowest BCUT2D eigenvalue weighted by Crippen LogP contribution is -2.35. The van der Waals surface area contributed by atoms with Crippen LogP contribution >= 0.6 is 0 Å². The summed E-state index contributed by atoms with van der Waals surface area (Å²) in [5, 5.41) is 0. The molecule has 0 radical (unpaired) electrons. The van der Waals surface area contributed by atoms with Gasteiger partial charge in [0.2, 0.25) is 0 Å². The normalized spacial score (nSPS) is 20.4. The van der Waals surface area contributed by atoms with Gasteiger partial charge in [-0.2, -0.15) is 0 Å². The van der Waals surface area contributed by atoms with E-state index in [9.17, 15) is 4.79 Å². The van der Waals surface area contributed by atoms with Crippen LogP contribution in [0, 0.1) is 0 Å². The van der Waals surface area contributed by atoms with Crippen molar-refractivity contribution in [1.82, 2.24) is 0 Å². The number of nitrogens with zero attached hydrogens (tertiary/aromatic N) is 1. The maximum atomic E-state index is 10.9. The Morgan fingerprint density at radius 1 is 1.18 bits per heavy atom. The number of fused-ring (bicyclic) bond motifs is 1. The highest BCUT2D eigenvalue weighted by atomic mass is 16.1. The van der Waals surface area contributed by atoms with Crippen molar-refractivity contribution in [3.63, 3.8) is 0 Å². The zero-order valence-corrected chi connectivity index (χ0v) is 10.2. The Labute approximate surface area is 103 Å². The second kappa shape index (κ2) is 4.52. The monoisotopic (exact) mass is 229 g/mol. The van der Waals surface area contributed by atoms with Gasteiger partial charge in [-0.25, -0.2) is 0 Å². The number of carbonyl (C=O) groups excluding carboxylic acids is 1. The van der Waals surface area contributed by atoms with E-state index in [1.54, 1.807) is 0 Å². The maximum Gasteiger partial charge on any atom is 0.150 e. The molecule has 2 aliphatic rings. The summed E-state index contributed by atoms with van der Waals surface area (Å²) in [6.45, 7) is 1.14. The van der Waals surface area contributed by atoms with Gasteiger partial charge in [0.25, 0.3) is 0 Å². The lowest BCUT2D eigenvalue weighted by Gasteiger charge is -2.33. The summed E-state index contributed by atoms with van der Waals surface area (Å²) in [4.78, 5) is 13.4. The number of carbonyl (C=O) groups is 1. The first-order valence-electron chi connectivity index (χ1n) is 6.73. The van der Waals surface area contributed by atoms with Crippen LogP contribution in [0.25, 0.3) is 0 Å². The molecule has 3 rings (SSSR count). The molecule has 1 heterocycles. The summed E-state index contributed by atoms with van der Waals surface area (Å²) in [6.07, 6.45) is 8.87. The van der Waals surface area contributed by atoms with Crippen molar-refractivity contribution in [3.8, 4) is 0 Å². The molecule has 0 bridgehead atoms. The van der Waals surface area contributed by atoms with E-state index in [1.165, 1.54) is 43.4 Å². The SMILES string of the molecule is O=Cc1ccc2c(c1)N(C1CCCCC1)CC2. The smallest absolute Gasteiger partial charge is 0.150 e. The van der Waals surface area contributed by atoms with Crippen molar-refractivity contribution >= 4 is 12.0 Å². The third-order valence-corrected chi connectivity index (χ3v) is 4.19. The average Bonchev–Trinajstić information content (AvgIpc) is 2.82. The quantitative estimate of drug-likeness (QED) is 0.726. The number of hydrogen-bond acceptors (Lipinski definition) is 2. The molecule has 1 fully saturated rings. The van der Waals surface area contributed by atoms with Crippen LogP contribution in [0.2, 0.25) is 0 Å². The fourth-order valence-electron chi connectivity index (χ4n) is 3.27. The van der Waals surface area contributed by atoms with Gasteiger partial charge < -0.3 is 4.90 Å². The molecule has 17 heavy (non-hydrogen) atoms. The molecule has 2 heteroatoms. The van der Waals surface area contributed by atoms with E-state index in [-0.39, 0.29) is 0 Å². The second-order valence-electron chi connectivity index (χ2n) is 5.24. The highest BCUT2D eigenvalue weighted by Crippen LogP contribution is 2.34. The molecule has 1 aromatic rings. The predicted octanol–water partition coefficient (Wildman–Crippen LogP) is 3.19. The van der Waals surface area contributed by atoms with E-state index in [2.05, 4.69) is 17.0 Å². The topological polar surface area (TPSA) is 20.3 Å². The lowest BCUT2D eigenvalue weighted by atomic mass is 9.94. The van der Waals surface area contributed by atoms with Crippen molar-refractivity contribution in [2.75, 3.05) is 11.4 Å². The van der Waals surface area contributed by atoms with Gasteiger partial charge >= 0.3 is 0 Å². The molecule has 2 nitrogen and oxygen atoms in total. The van der Waals surface area contributed by atoms with Crippen LogP contribution in [0.3, 0.4) is 0 Å². The molecular weight excluding hydrogens is 210 g/mol. The Bertz CT molecular complexity index is 421. The van der Waals surface area contributed by atoms with Gasteiger partial charge in [0.1, 0.15) is 6.29 Å². The summed E-state index contributed by atoms with van der Waals surface area (Å²) in [6, 6.07) is 6.86. The van der Waals surface area contributed by atoms with Crippen molar-refractivity contribution in [3.05, 3.63) is 29.3 Å². The van der Waals surface area contributed by atoms with Gasteiger partial charge in [-0.15, -0.1) is 0 Å². The summed E-state index contributed by atoms with van der Waals surface area (Å²) in [5.74, 6) is 0. The minimum Gasteiger partial charge on any atom is -0.368 e. The Balaban J connectivity index is 1.88. The highest BCUT2D eigenvalue weighted by Gasteiger charge is 2.27. The van der Waals surface area contributed by atoms with Crippen LogP contribution in [-0.4, -0.2) is 18.9 Å². The maximum absolute atomic E-state index is 10.9. The largest absolute Gasteiger partial charge is 0.368 e. The number of hydrogen-bond donors (Lipinski definition) is 0. The van der Waals surface area contributed by atoms with E-state index < -0.39 is 0 Å². The van der Waals surface area contributed by atoms with Crippen molar-refractivity contribution in [2.24, 2.45) is 0 Å². The number of aldehydes is 1. The number of benzene rings is 1. The van der Waals surface area contributed by atoms with Crippen LogP contribution in [-0.2, 0) is 6.42 Å². The molecule has 0 aromatic heterocycles. The molecular formula is C15H19NO. The minimum absolute atomic E-state index is 0.715. The number of anilines is 1. The number of rotatable bonds is 2. The van der Waals surface area contributed by atoms with E-state index in [0.29, 0.717) is 6.04 Å². The van der Waals surface area contributed by atoms with Gasteiger partial charge in [-0.3, -0.25) is 4.79 Å². The first kappa shape index (κ1) is 10.8. The second-order valence-corrected chi connectivity index (χ2v) is 5.24. The van der Waals surface area contributed by atoms with Gasteiger partial charge in [0.15, 0.2) is 0 Å². The third-order valence-electron chi connectivity index (χ3n) is 4.19. The summed E-state index contributed by atoms with van der Waals surface area (Å²) in [7, 11) is 0. The molecule has 90 valence electrons. The fraction of sp³-hybridized carbons (Fsp3) is 0.533. The molecule has 0 N–H and O–H groups in total. The standard InChI is InChI=1S/C15H19NO/c17-11-12-6-7-13-8-9-16(15(13)10-12)14-4-2-1-3-5-14/h6-7,10-11,14H,1-5,8-9H2. The van der Waals surface area contributed by atoms with E-state index >= 15 is 0 Å². The molecule has 1 aromatic carbocycles. The molecule has 1 aliphatic heterocycles. The Morgan fingerprint density at radius 3 is 2.76 bits per heavy atom. The highest BCUT2D eigenvalue weighted by molar-refractivity contribution is 5.78. The van der Waals surface area contributed by atoms with Crippen LogP contribution in [0.15, 0.2) is 18.2 Å². The molecule has 0 spiro atoms. The summed E-state index contributed by atoms with van der Waals surface area (Å²) in [5.41, 5.74) is 3.55. The fourth-order valence-corrected chi connectivity index (χ4v) is 3.27. The van der Waals surface area contributed by atoms with Crippen LogP contribution in [0.1, 0.15) is 48.0 Å². The Morgan fingerprint density at radius 2 is 2.00 bits per heavy atom. The van der Waals surface area contributed by atoms with Gasteiger partial charge in [0, 0.05) is 23.8 Å². The Hall–Kier alpha value is -1.31. The van der Waals surface area contributed by atoms with Gasteiger partial charge in [-0.05, 0) is 30.9 Å². The van der Waals surface area contributed by atoms with Crippen LogP contribution in [0.5, 0.6) is 0 Å². The lowest BCUT2D eigenvalue weighted by molar-refractivity contribution is 0.112. The first-order chi connectivity index (χ1) is 8.38. The first-order valence-corrected chi connectivity index (χ1v) is 6.73. The molecule has 0 unspecified atom stereocenters. The average molecular weight is 229 g/mol. The van der Waals surface area contributed by atoms with E-state index in [4.69, 9.17) is 0 Å². The van der Waals surface area contributed by atoms with Crippen LogP contribution in [0.4, 0.5) is 5.69 Å². The summed E-state index contributed by atoms with van der Waals surface area (Å²) < 4.78 is 0. The molecule has 1 saturated carbocycles. The molecule has 0 amide bonds. The van der Waals surface area contributed by atoms with Crippen molar-refractivity contribution in [2.45, 2.75) is 44.6 Å². The van der Waals surface area contributed by atoms with Gasteiger partial charge in [-0.1, -0.05) is 31.4 Å². The molecule has 1 aliphatic carbocycles. The molecule has 0 atom stereocenters. The zero-order chi connectivity index (χ0) is 11.7. The van der Waals surface area contributed by atoms with E-state index in [0.717, 1.165) is 24.8 Å². The van der Waals surface area contributed by atoms with E-state index in [1.807, 2.05) is 6.07 Å². The minimum atomic E-state index is 0.715. The third kappa shape index (κ3) is 1.97. The zero-order valence-electron chi connectivity index (χ0n) is 10.2. The molecule has 0 saturated heterocycles. The predicted molar refractivity (Wildman–Crippen MR) is 69.8 cm³/mol. The van der Waals surface area contributed by atoms with Crippen molar-refractivity contribution < 1.29 is 4.79 Å². The van der Waals surface area contributed by atoms with Crippen LogP contribution < -0.4 is 4.90 Å². The van der Waals surface area contributed by atoms with Crippen molar-refractivity contribution in [1.29, 1.82) is 0 Å². The van der Waals surface area contributed by atoms with Gasteiger partial charge in [0.05, 0.1) is 0 Å².